The molecule has 3 aromatic rings. The molecule has 0 saturated heterocycles. The molecule has 24 heavy (non-hydrogen) atoms. The number of aromatic nitrogens is 3. The first-order chi connectivity index (χ1) is 11.7. The molecule has 0 aliphatic rings. The van der Waals surface area contributed by atoms with E-state index in [1.807, 2.05) is 22.9 Å². The minimum atomic E-state index is 0.401. The Morgan fingerprint density at radius 2 is 1.71 bits per heavy atom. The highest BCUT2D eigenvalue weighted by Gasteiger charge is 2.13. The fraction of sp³-hybridized carbons (Fsp3) is 0.250. The predicted molar refractivity (Wildman–Crippen MR) is 93.6 cm³/mol. The third-order valence-corrected chi connectivity index (χ3v) is 4.14. The molecule has 0 aliphatic carbocycles. The molecule has 0 bridgehead atoms. The first-order valence-electron chi connectivity index (χ1n) is 8.12. The van der Waals surface area contributed by atoms with Gasteiger partial charge in [-0.1, -0.05) is 73.7 Å². The summed E-state index contributed by atoms with van der Waals surface area (Å²) in [7, 11) is 0. The Morgan fingerprint density at radius 3 is 2.33 bits per heavy atom. The Morgan fingerprint density at radius 1 is 1.00 bits per heavy atom. The summed E-state index contributed by atoms with van der Waals surface area (Å²) in [6, 6.07) is 20.8. The zero-order chi connectivity index (χ0) is 16.9. The van der Waals surface area contributed by atoms with Gasteiger partial charge in [0.15, 0.2) is 5.69 Å². The van der Waals surface area contributed by atoms with Crippen molar-refractivity contribution in [3.05, 3.63) is 82.7 Å². The topological polar surface area (TPSA) is 54.5 Å². The highest BCUT2D eigenvalue weighted by Crippen LogP contribution is 2.17. The Balaban J connectivity index is 1.86. The minimum absolute atomic E-state index is 0.401. The summed E-state index contributed by atoms with van der Waals surface area (Å²) in [6.07, 6.45) is 0.654. The van der Waals surface area contributed by atoms with Gasteiger partial charge >= 0.3 is 0 Å². The van der Waals surface area contributed by atoms with Crippen molar-refractivity contribution < 1.29 is 0 Å². The van der Waals surface area contributed by atoms with Crippen LogP contribution in [0.2, 0.25) is 0 Å². The van der Waals surface area contributed by atoms with Gasteiger partial charge in [-0.15, -0.1) is 5.10 Å². The van der Waals surface area contributed by atoms with Crippen LogP contribution in [0.15, 0.2) is 54.6 Å². The minimum Gasteiger partial charge on any atom is -0.243 e. The van der Waals surface area contributed by atoms with Crippen molar-refractivity contribution in [1.82, 2.24) is 15.0 Å². The standard InChI is InChI=1S/C20H20N4/c1-15(2)18-10-8-17(9-11-18)14-24-20(19(13-21)22-23-24)12-16-6-4-3-5-7-16/h3-11,15H,12,14H2,1-2H3. The Labute approximate surface area is 142 Å². The van der Waals surface area contributed by atoms with Crippen molar-refractivity contribution in [1.29, 1.82) is 5.26 Å². The maximum atomic E-state index is 9.31. The molecule has 0 atom stereocenters. The molecule has 1 aromatic heterocycles. The Bertz CT molecular complexity index is 840. The Hall–Kier alpha value is -2.93. The van der Waals surface area contributed by atoms with E-state index in [9.17, 15) is 5.26 Å². The molecule has 0 N–H and O–H groups in total. The lowest BCUT2D eigenvalue weighted by Crippen LogP contribution is -2.08. The molecular weight excluding hydrogens is 296 g/mol. The summed E-state index contributed by atoms with van der Waals surface area (Å²) in [6.45, 7) is 4.99. The van der Waals surface area contributed by atoms with Crippen LogP contribution in [-0.2, 0) is 13.0 Å². The maximum Gasteiger partial charge on any atom is 0.186 e. The summed E-state index contributed by atoms with van der Waals surface area (Å²) in [4.78, 5) is 0. The molecule has 0 amide bonds. The van der Waals surface area contributed by atoms with E-state index in [4.69, 9.17) is 0 Å². The average Bonchev–Trinajstić information content (AvgIpc) is 2.98. The molecule has 0 fully saturated rings. The number of nitriles is 1. The molecule has 120 valence electrons. The first-order valence-corrected chi connectivity index (χ1v) is 8.12. The molecule has 4 nitrogen and oxygen atoms in total. The molecule has 3 rings (SSSR count). The zero-order valence-electron chi connectivity index (χ0n) is 14.0. The van der Waals surface area contributed by atoms with E-state index in [-0.39, 0.29) is 0 Å². The molecule has 0 radical (unpaired) electrons. The van der Waals surface area contributed by atoms with E-state index in [2.05, 4.69) is 66.6 Å². The largest absolute Gasteiger partial charge is 0.243 e. The normalized spacial score (nSPS) is 10.8. The van der Waals surface area contributed by atoms with Crippen LogP contribution >= 0.6 is 0 Å². The first kappa shape index (κ1) is 15.9. The predicted octanol–water partition coefficient (Wildman–Crippen LogP) is 3.91. The summed E-state index contributed by atoms with van der Waals surface area (Å²) < 4.78 is 1.83. The smallest absolute Gasteiger partial charge is 0.186 e. The van der Waals surface area contributed by atoms with Gasteiger partial charge in [-0.25, -0.2) is 4.68 Å². The lowest BCUT2D eigenvalue weighted by molar-refractivity contribution is 0.625. The van der Waals surface area contributed by atoms with Gasteiger partial charge < -0.3 is 0 Å². The van der Waals surface area contributed by atoms with Crippen LogP contribution < -0.4 is 0 Å². The summed E-state index contributed by atoms with van der Waals surface area (Å²) in [5, 5.41) is 17.5. The van der Waals surface area contributed by atoms with E-state index in [0.29, 0.717) is 24.6 Å². The van der Waals surface area contributed by atoms with E-state index in [1.165, 1.54) is 5.56 Å². The van der Waals surface area contributed by atoms with Gasteiger partial charge in [-0.3, -0.25) is 0 Å². The highest BCUT2D eigenvalue weighted by molar-refractivity contribution is 5.32. The van der Waals surface area contributed by atoms with Gasteiger partial charge in [0.1, 0.15) is 6.07 Å². The van der Waals surface area contributed by atoms with Gasteiger partial charge in [0.25, 0.3) is 0 Å². The fourth-order valence-corrected chi connectivity index (χ4v) is 2.69. The average molecular weight is 316 g/mol. The van der Waals surface area contributed by atoms with E-state index in [0.717, 1.165) is 16.8 Å². The third-order valence-electron chi connectivity index (χ3n) is 4.14. The van der Waals surface area contributed by atoms with Crippen LogP contribution in [0.5, 0.6) is 0 Å². The maximum absolute atomic E-state index is 9.31. The number of hydrogen-bond donors (Lipinski definition) is 0. The van der Waals surface area contributed by atoms with Gasteiger partial charge in [-0.2, -0.15) is 5.26 Å². The SMILES string of the molecule is CC(C)c1ccc(Cn2nnc(C#N)c2Cc2ccccc2)cc1. The number of hydrogen-bond acceptors (Lipinski definition) is 3. The number of rotatable bonds is 5. The lowest BCUT2D eigenvalue weighted by Gasteiger charge is -2.09. The molecule has 0 aliphatic heterocycles. The van der Waals surface area contributed by atoms with Crippen molar-refractivity contribution in [2.75, 3.05) is 0 Å². The molecule has 0 spiro atoms. The zero-order valence-corrected chi connectivity index (χ0v) is 14.0. The third kappa shape index (κ3) is 3.52. The quantitative estimate of drug-likeness (QED) is 0.717. The van der Waals surface area contributed by atoms with Gasteiger partial charge in [-0.05, 0) is 22.6 Å². The summed E-state index contributed by atoms with van der Waals surface area (Å²) >= 11 is 0. The monoisotopic (exact) mass is 316 g/mol. The van der Waals surface area contributed by atoms with Crippen LogP contribution in [0.25, 0.3) is 0 Å². The van der Waals surface area contributed by atoms with Crippen molar-refractivity contribution in [3.8, 4) is 6.07 Å². The highest BCUT2D eigenvalue weighted by atomic mass is 15.4. The second kappa shape index (κ2) is 7.10. The molecule has 2 aromatic carbocycles. The summed E-state index contributed by atoms with van der Waals surface area (Å²) in [5.41, 5.74) is 4.88. The van der Waals surface area contributed by atoms with Crippen LogP contribution in [0.1, 0.15) is 47.8 Å². The van der Waals surface area contributed by atoms with Crippen LogP contribution in [0, 0.1) is 11.3 Å². The molecule has 1 heterocycles. The van der Waals surface area contributed by atoms with Gasteiger partial charge in [0, 0.05) is 6.42 Å². The van der Waals surface area contributed by atoms with Crippen molar-refractivity contribution in [3.63, 3.8) is 0 Å². The molecule has 4 heteroatoms. The van der Waals surface area contributed by atoms with Crippen LogP contribution in [0.4, 0.5) is 0 Å². The Kier molecular flexibility index (Phi) is 4.72. The van der Waals surface area contributed by atoms with Gasteiger partial charge in [0.2, 0.25) is 0 Å². The van der Waals surface area contributed by atoms with E-state index < -0.39 is 0 Å². The second-order valence-corrected chi connectivity index (χ2v) is 6.21. The second-order valence-electron chi connectivity index (χ2n) is 6.21. The molecule has 0 saturated carbocycles. The van der Waals surface area contributed by atoms with E-state index >= 15 is 0 Å². The fourth-order valence-electron chi connectivity index (χ4n) is 2.69. The van der Waals surface area contributed by atoms with Gasteiger partial charge in [0.05, 0.1) is 12.2 Å². The number of nitrogens with zero attached hydrogens (tertiary/aromatic N) is 4. The lowest BCUT2D eigenvalue weighted by atomic mass is 10.0. The van der Waals surface area contributed by atoms with Crippen molar-refractivity contribution in [2.45, 2.75) is 32.7 Å². The van der Waals surface area contributed by atoms with Crippen LogP contribution in [0.3, 0.4) is 0 Å². The molecular formula is C20H20N4. The molecule has 0 unspecified atom stereocenters. The van der Waals surface area contributed by atoms with E-state index in [1.54, 1.807) is 0 Å². The summed E-state index contributed by atoms with van der Waals surface area (Å²) in [5.74, 6) is 0.518. The van der Waals surface area contributed by atoms with Crippen molar-refractivity contribution >= 4 is 0 Å². The van der Waals surface area contributed by atoms with Crippen LogP contribution in [-0.4, -0.2) is 15.0 Å². The number of benzene rings is 2. The van der Waals surface area contributed by atoms with Crippen molar-refractivity contribution in [2.24, 2.45) is 0 Å².